The lowest BCUT2D eigenvalue weighted by Crippen LogP contribution is -2.57. The SMILES string of the molecule is CC1NCCCC1NC(=O)N1CCN(Cc2nc3ccccc3c(=O)[nH]2)CC1. The van der Waals surface area contributed by atoms with Gasteiger partial charge >= 0.3 is 6.03 Å². The molecule has 3 N–H and O–H groups in total. The molecule has 0 aliphatic carbocycles. The number of piperazine rings is 1. The zero-order valence-electron chi connectivity index (χ0n) is 16.3. The van der Waals surface area contributed by atoms with Gasteiger partial charge in [-0.1, -0.05) is 12.1 Å². The number of para-hydroxylation sites is 1. The molecule has 4 rings (SSSR count). The molecule has 2 aliphatic rings. The average molecular weight is 384 g/mol. The fourth-order valence-corrected chi connectivity index (χ4v) is 4.02. The molecule has 8 nitrogen and oxygen atoms in total. The number of nitrogens with one attached hydrogen (secondary N) is 3. The first-order valence-electron chi connectivity index (χ1n) is 10.1. The number of aromatic nitrogens is 2. The third-order valence-electron chi connectivity index (χ3n) is 5.77. The molecule has 2 fully saturated rings. The number of benzene rings is 1. The quantitative estimate of drug-likeness (QED) is 0.731. The van der Waals surface area contributed by atoms with Crippen LogP contribution in [-0.2, 0) is 6.54 Å². The smallest absolute Gasteiger partial charge is 0.317 e. The maximum Gasteiger partial charge on any atom is 0.317 e. The van der Waals surface area contributed by atoms with E-state index in [2.05, 4.69) is 32.4 Å². The molecule has 2 amide bonds. The van der Waals surface area contributed by atoms with E-state index in [0.717, 1.165) is 38.0 Å². The number of aromatic amines is 1. The minimum Gasteiger partial charge on any atom is -0.334 e. The van der Waals surface area contributed by atoms with Crippen LogP contribution in [0.15, 0.2) is 29.1 Å². The number of carbonyl (C=O) groups excluding carboxylic acids is 1. The lowest BCUT2D eigenvalue weighted by Gasteiger charge is -2.37. The summed E-state index contributed by atoms with van der Waals surface area (Å²) < 4.78 is 0. The van der Waals surface area contributed by atoms with Crippen molar-refractivity contribution in [2.75, 3.05) is 32.7 Å². The molecule has 8 heteroatoms. The van der Waals surface area contributed by atoms with Gasteiger partial charge in [-0.05, 0) is 38.4 Å². The van der Waals surface area contributed by atoms with Crippen LogP contribution in [0.25, 0.3) is 10.9 Å². The zero-order valence-corrected chi connectivity index (χ0v) is 16.3. The number of piperidine rings is 1. The van der Waals surface area contributed by atoms with Crippen molar-refractivity contribution in [1.82, 2.24) is 30.4 Å². The number of amides is 2. The van der Waals surface area contributed by atoms with Crippen LogP contribution < -0.4 is 16.2 Å². The Balaban J connectivity index is 1.32. The molecule has 150 valence electrons. The summed E-state index contributed by atoms with van der Waals surface area (Å²) in [6, 6.07) is 7.91. The Morgan fingerprint density at radius 2 is 2.04 bits per heavy atom. The van der Waals surface area contributed by atoms with Crippen molar-refractivity contribution >= 4 is 16.9 Å². The molecule has 2 aliphatic heterocycles. The monoisotopic (exact) mass is 384 g/mol. The van der Waals surface area contributed by atoms with Gasteiger partial charge in [-0.25, -0.2) is 9.78 Å². The van der Waals surface area contributed by atoms with Gasteiger partial charge in [0.2, 0.25) is 0 Å². The van der Waals surface area contributed by atoms with Crippen LogP contribution in [0.3, 0.4) is 0 Å². The summed E-state index contributed by atoms with van der Waals surface area (Å²) in [5.41, 5.74) is 0.614. The number of rotatable bonds is 3. The molecule has 0 bridgehead atoms. The molecule has 3 heterocycles. The third-order valence-corrected chi connectivity index (χ3v) is 5.77. The Hall–Kier alpha value is -2.45. The van der Waals surface area contributed by atoms with E-state index in [0.29, 0.717) is 36.9 Å². The Bertz CT molecular complexity index is 890. The number of fused-ring (bicyclic) bond motifs is 1. The standard InChI is InChI=1S/C20H28N6O2/c1-14-16(7-4-8-21-14)23-20(28)26-11-9-25(10-12-26)13-18-22-17-6-3-2-5-15(17)19(27)24-18/h2-3,5-6,14,16,21H,4,7-13H2,1H3,(H,23,28)(H,22,24,27). The number of hydrogen-bond acceptors (Lipinski definition) is 5. The van der Waals surface area contributed by atoms with Crippen LogP contribution in [0.2, 0.25) is 0 Å². The van der Waals surface area contributed by atoms with Gasteiger partial charge in [0.1, 0.15) is 5.82 Å². The second-order valence-corrected chi connectivity index (χ2v) is 7.73. The van der Waals surface area contributed by atoms with E-state index in [1.807, 2.05) is 23.1 Å². The first kappa shape index (κ1) is 18.9. The zero-order chi connectivity index (χ0) is 19.5. The normalized spacial score (nSPS) is 23.7. The Morgan fingerprint density at radius 3 is 2.82 bits per heavy atom. The number of hydrogen-bond donors (Lipinski definition) is 3. The first-order valence-corrected chi connectivity index (χ1v) is 10.1. The number of carbonyl (C=O) groups is 1. The molecule has 2 saturated heterocycles. The summed E-state index contributed by atoms with van der Waals surface area (Å²) in [6.45, 7) is 6.62. The maximum atomic E-state index is 12.6. The van der Waals surface area contributed by atoms with Crippen LogP contribution in [0, 0.1) is 0 Å². The van der Waals surface area contributed by atoms with Crippen LogP contribution >= 0.6 is 0 Å². The minimum atomic E-state index is -0.103. The summed E-state index contributed by atoms with van der Waals surface area (Å²) >= 11 is 0. The van der Waals surface area contributed by atoms with Gasteiger partial charge in [0.25, 0.3) is 5.56 Å². The Morgan fingerprint density at radius 1 is 1.25 bits per heavy atom. The lowest BCUT2D eigenvalue weighted by molar-refractivity contribution is 0.129. The molecule has 2 unspecified atom stereocenters. The third kappa shape index (κ3) is 4.18. The molecule has 1 aromatic heterocycles. The second-order valence-electron chi connectivity index (χ2n) is 7.73. The highest BCUT2D eigenvalue weighted by Gasteiger charge is 2.27. The van der Waals surface area contributed by atoms with Crippen molar-refractivity contribution in [3.8, 4) is 0 Å². The molecular weight excluding hydrogens is 356 g/mol. The summed E-state index contributed by atoms with van der Waals surface area (Å²) in [6.07, 6.45) is 2.13. The van der Waals surface area contributed by atoms with Gasteiger partial charge < -0.3 is 20.5 Å². The van der Waals surface area contributed by atoms with Crippen LogP contribution in [0.4, 0.5) is 4.79 Å². The molecule has 1 aromatic carbocycles. The summed E-state index contributed by atoms with van der Waals surface area (Å²) in [4.78, 5) is 36.4. The van der Waals surface area contributed by atoms with Crippen molar-refractivity contribution in [3.63, 3.8) is 0 Å². The van der Waals surface area contributed by atoms with Crippen molar-refractivity contribution in [2.45, 2.75) is 38.4 Å². The van der Waals surface area contributed by atoms with Crippen molar-refractivity contribution < 1.29 is 4.79 Å². The van der Waals surface area contributed by atoms with Crippen LogP contribution in [-0.4, -0.2) is 70.6 Å². The molecule has 0 spiro atoms. The summed E-state index contributed by atoms with van der Waals surface area (Å²) in [5.74, 6) is 0.670. The van der Waals surface area contributed by atoms with Crippen molar-refractivity contribution in [3.05, 3.63) is 40.4 Å². The minimum absolute atomic E-state index is 0.0254. The van der Waals surface area contributed by atoms with Gasteiger partial charge in [-0.3, -0.25) is 9.69 Å². The highest BCUT2D eigenvalue weighted by atomic mass is 16.2. The number of H-pyrrole nitrogens is 1. The van der Waals surface area contributed by atoms with Crippen LogP contribution in [0.1, 0.15) is 25.6 Å². The summed E-state index contributed by atoms with van der Waals surface area (Å²) in [7, 11) is 0. The topological polar surface area (TPSA) is 93.4 Å². The van der Waals surface area contributed by atoms with E-state index in [4.69, 9.17) is 0 Å². The highest BCUT2D eigenvalue weighted by Crippen LogP contribution is 2.11. The van der Waals surface area contributed by atoms with Crippen LogP contribution in [0.5, 0.6) is 0 Å². The van der Waals surface area contributed by atoms with E-state index < -0.39 is 0 Å². The van der Waals surface area contributed by atoms with E-state index in [1.54, 1.807) is 6.07 Å². The highest BCUT2D eigenvalue weighted by molar-refractivity contribution is 5.77. The van der Waals surface area contributed by atoms with E-state index in [1.165, 1.54) is 0 Å². The van der Waals surface area contributed by atoms with Gasteiger partial charge in [0.15, 0.2) is 0 Å². The number of nitrogens with zero attached hydrogens (tertiary/aromatic N) is 3. The lowest BCUT2D eigenvalue weighted by atomic mass is 10.0. The fraction of sp³-hybridized carbons (Fsp3) is 0.550. The predicted molar refractivity (Wildman–Crippen MR) is 108 cm³/mol. The van der Waals surface area contributed by atoms with Gasteiger partial charge in [-0.2, -0.15) is 0 Å². The molecule has 2 aromatic rings. The van der Waals surface area contributed by atoms with E-state index in [-0.39, 0.29) is 17.6 Å². The first-order chi connectivity index (χ1) is 13.6. The van der Waals surface area contributed by atoms with Gasteiger partial charge in [0, 0.05) is 38.3 Å². The maximum absolute atomic E-state index is 12.6. The predicted octanol–water partition coefficient (Wildman–Crippen LogP) is 0.891. The van der Waals surface area contributed by atoms with Gasteiger partial charge in [0.05, 0.1) is 17.4 Å². The molecule has 0 saturated carbocycles. The fourth-order valence-electron chi connectivity index (χ4n) is 4.02. The van der Waals surface area contributed by atoms with E-state index >= 15 is 0 Å². The second kappa shape index (κ2) is 8.28. The molecule has 0 radical (unpaired) electrons. The largest absolute Gasteiger partial charge is 0.334 e. The van der Waals surface area contributed by atoms with Gasteiger partial charge in [-0.15, -0.1) is 0 Å². The van der Waals surface area contributed by atoms with Crippen molar-refractivity contribution in [1.29, 1.82) is 0 Å². The Kier molecular flexibility index (Phi) is 5.59. The molecular formula is C20H28N6O2. The number of urea groups is 1. The Labute approximate surface area is 164 Å². The molecule has 2 atom stereocenters. The van der Waals surface area contributed by atoms with Crippen molar-refractivity contribution in [2.24, 2.45) is 0 Å². The summed E-state index contributed by atoms with van der Waals surface area (Å²) in [5, 5.41) is 7.20. The average Bonchev–Trinajstić information content (AvgIpc) is 2.70. The van der Waals surface area contributed by atoms with E-state index in [9.17, 15) is 9.59 Å². The molecule has 28 heavy (non-hydrogen) atoms.